The van der Waals surface area contributed by atoms with Crippen molar-refractivity contribution in [1.82, 2.24) is 15.3 Å². The molecule has 1 fully saturated rings. The van der Waals surface area contributed by atoms with Gasteiger partial charge in [0.1, 0.15) is 0 Å². The molecule has 3 heterocycles. The first-order valence-electron chi connectivity index (χ1n) is 10.0. The Morgan fingerprint density at radius 3 is 2.69 bits per heavy atom. The standard InChI is InChI=1S/C21H22BrF3N6O/c1-32-17-13-27-20(30-10-7-26-8-11-30)29-19(17)28-14-5-6-16(15(12-14)21(23,24)25)31-9-3-2-4-18(31)22/h2-6,12-13,26H,7-11H2,1H3,(H,27,28,29). The van der Waals surface area contributed by atoms with E-state index >= 15 is 0 Å². The van der Waals surface area contributed by atoms with E-state index in [0.717, 1.165) is 32.2 Å². The fraction of sp³-hybridized carbons (Fsp3) is 0.333. The number of rotatable bonds is 5. The van der Waals surface area contributed by atoms with Gasteiger partial charge in [0.2, 0.25) is 5.95 Å². The maximum Gasteiger partial charge on any atom is 0.418 e. The number of halogens is 4. The van der Waals surface area contributed by atoms with Gasteiger partial charge >= 0.3 is 6.18 Å². The lowest BCUT2D eigenvalue weighted by atomic mass is 10.1. The number of alkyl halides is 3. The fourth-order valence-electron chi connectivity index (χ4n) is 3.53. The smallest absolute Gasteiger partial charge is 0.418 e. The van der Waals surface area contributed by atoms with E-state index in [0.29, 0.717) is 28.7 Å². The van der Waals surface area contributed by atoms with E-state index in [-0.39, 0.29) is 11.4 Å². The Hall–Kier alpha value is -2.79. The summed E-state index contributed by atoms with van der Waals surface area (Å²) in [6, 6.07) is 4.12. The number of allylic oxidation sites excluding steroid dienone is 2. The molecule has 0 atom stereocenters. The monoisotopic (exact) mass is 510 g/mol. The Morgan fingerprint density at radius 1 is 1.22 bits per heavy atom. The molecule has 4 rings (SSSR count). The van der Waals surface area contributed by atoms with E-state index in [4.69, 9.17) is 4.74 Å². The topological polar surface area (TPSA) is 65.5 Å². The van der Waals surface area contributed by atoms with Crippen LogP contribution in [0.4, 0.5) is 36.3 Å². The Kier molecular flexibility index (Phi) is 6.56. The number of hydrogen-bond acceptors (Lipinski definition) is 7. The molecule has 0 saturated carbocycles. The molecular formula is C21H22BrF3N6O. The van der Waals surface area contributed by atoms with Gasteiger partial charge in [-0.2, -0.15) is 18.2 Å². The van der Waals surface area contributed by atoms with Crippen LogP contribution >= 0.6 is 15.9 Å². The number of nitrogens with one attached hydrogen (secondary N) is 2. The largest absolute Gasteiger partial charge is 0.491 e. The van der Waals surface area contributed by atoms with Gasteiger partial charge in [-0.1, -0.05) is 12.2 Å². The average Bonchev–Trinajstić information content (AvgIpc) is 2.79. The summed E-state index contributed by atoms with van der Waals surface area (Å²) in [6.07, 6.45) is 2.28. The number of ether oxygens (including phenoxy) is 1. The molecule has 32 heavy (non-hydrogen) atoms. The summed E-state index contributed by atoms with van der Waals surface area (Å²) >= 11 is 3.34. The number of methoxy groups -OCH3 is 1. The van der Waals surface area contributed by atoms with Crippen LogP contribution in [0, 0.1) is 0 Å². The van der Waals surface area contributed by atoms with Crippen molar-refractivity contribution in [1.29, 1.82) is 0 Å². The van der Waals surface area contributed by atoms with Crippen LogP contribution in [0.15, 0.2) is 47.2 Å². The van der Waals surface area contributed by atoms with Gasteiger partial charge in [0.25, 0.3) is 0 Å². The summed E-state index contributed by atoms with van der Waals surface area (Å²) in [4.78, 5) is 12.4. The molecular weight excluding hydrogens is 489 g/mol. The molecule has 1 aromatic heterocycles. The minimum atomic E-state index is -4.54. The quantitative estimate of drug-likeness (QED) is 0.582. The molecule has 11 heteroatoms. The molecule has 0 radical (unpaired) electrons. The minimum Gasteiger partial charge on any atom is -0.491 e. The normalized spacial score (nSPS) is 16.7. The zero-order chi connectivity index (χ0) is 22.7. The molecule has 0 amide bonds. The molecule has 1 saturated heterocycles. The lowest BCUT2D eigenvalue weighted by molar-refractivity contribution is -0.137. The zero-order valence-corrected chi connectivity index (χ0v) is 18.9. The van der Waals surface area contributed by atoms with E-state index in [2.05, 4.69) is 36.5 Å². The van der Waals surface area contributed by atoms with Crippen LogP contribution in [0.3, 0.4) is 0 Å². The molecule has 0 unspecified atom stereocenters. The lowest BCUT2D eigenvalue weighted by Crippen LogP contribution is -2.44. The Labute approximate surface area is 192 Å². The van der Waals surface area contributed by atoms with Crippen LogP contribution in [0.5, 0.6) is 5.75 Å². The van der Waals surface area contributed by atoms with Crippen molar-refractivity contribution >= 4 is 39.1 Å². The highest BCUT2D eigenvalue weighted by Crippen LogP contribution is 2.41. The minimum absolute atomic E-state index is 0.0617. The maximum absolute atomic E-state index is 13.9. The third-order valence-electron chi connectivity index (χ3n) is 5.13. The first-order chi connectivity index (χ1) is 15.4. The number of anilines is 4. The second-order valence-electron chi connectivity index (χ2n) is 7.21. The van der Waals surface area contributed by atoms with Gasteiger partial charge in [0.15, 0.2) is 11.6 Å². The van der Waals surface area contributed by atoms with Crippen molar-refractivity contribution in [2.45, 2.75) is 6.18 Å². The summed E-state index contributed by atoms with van der Waals surface area (Å²) in [5.74, 6) is 1.14. The van der Waals surface area contributed by atoms with Crippen molar-refractivity contribution in [2.75, 3.05) is 55.0 Å². The van der Waals surface area contributed by atoms with E-state index in [1.54, 1.807) is 29.2 Å². The van der Waals surface area contributed by atoms with Gasteiger partial charge in [0, 0.05) is 38.4 Å². The van der Waals surface area contributed by atoms with Gasteiger partial charge in [-0.05, 0) is 40.2 Å². The lowest BCUT2D eigenvalue weighted by Gasteiger charge is -2.28. The predicted octanol–water partition coefficient (Wildman–Crippen LogP) is 4.27. The predicted molar refractivity (Wildman–Crippen MR) is 122 cm³/mol. The van der Waals surface area contributed by atoms with Crippen LogP contribution in [-0.4, -0.2) is 49.8 Å². The Morgan fingerprint density at radius 2 is 2.00 bits per heavy atom. The van der Waals surface area contributed by atoms with E-state index < -0.39 is 11.7 Å². The molecule has 2 aliphatic heterocycles. The Balaban J connectivity index is 1.67. The van der Waals surface area contributed by atoms with Crippen molar-refractivity contribution in [3.8, 4) is 5.75 Å². The van der Waals surface area contributed by atoms with Crippen molar-refractivity contribution in [3.63, 3.8) is 0 Å². The fourth-order valence-corrected chi connectivity index (χ4v) is 4.02. The average molecular weight is 511 g/mol. The third-order valence-corrected chi connectivity index (χ3v) is 5.83. The summed E-state index contributed by atoms with van der Waals surface area (Å²) in [7, 11) is 1.46. The van der Waals surface area contributed by atoms with Crippen LogP contribution in [0.1, 0.15) is 5.56 Å². The third kappa shape index (κ3) is 4.83. The number of hydrogen-bond donors (Lipinski definition) is 2. The molecule has 2 aliphatic rings. The van der Waals surface area contributed by atoms with Crippen molar-refractivity contribution in [2.24, 2.45) is 0 Å². The molecule has 0 aliphatic carbocycles. The molecule has 7 nitrogen and oxygen atoms in total. The van der Waals surface area contributed by atoms with Gasteiger partial charge in [-0.25, -0.2) is 4.98 Å². The molecule has 0 bridgehead atoms. The van der Waals surface area contributed by atoms with Crippen molar-refractivity contribution < 1.29 is 17.9 Å². The first kappa shape index (κ1) is 22.4. The summed E-state index contributed by atoms with van der Waals surface area (Å²) in [5.41, 5.74) is -0.442. The summed E-state index contributed by atoms with van der Waals surface area (Å²) < 4.78 is 47.7. The Bertz CT molecular complexity index is 1040. The van der Waals surface area contributed by atoms with Crippen LogP contribution in [0.25, 0.3) is 0 Å². The molecule has 1 aromatic carbocycles. The summed E-state index contributed by atoms with van der Waals surface area (Å²) in [6.45, 7) is 3.44. The molecule has 170 valence electrons. The number of piperazine rings is 1. The SMILES string of the molecule is COc1cnc(N2CCNCC2)nc1Nc1ccc(N2CC=CC=C2Br)c(C(F)(F)F)c1. The maximum atomic E-state index is 13.9. The van der Waals surface area contributed by atoms with Gasteiger partial charge in [0.05, 0.1) is 29.2 Å². The molecule has 0 spiro atoms. The first-order valence-corrected chi connectivity index (χ1v) is 10.8. The van der Waals surface area contributed by atoms with Gasteiger partial charge < -0.3 is 25.2 Å². The van der Waals surface area contributed by atoms with Gasteiger partial charge in [-0.3, -0.25) is 0 Å². The van der Waals surface area contributed by atoms with Crippen LogP contribution in [-0.2, 0) is 6.18 Å². The molecule has 2 N–H and O–H groups in total. The highest BCUT2D eigenvalue weighted by molar-refractivity contribution is 9.11. The van der Waals surface area contributed by atoms with Gasteiger partial charge in [-0.15, -0.1) is 0 Å². The zero-order valence-electron chi connectivity index (χ0n) is 17.3. The second-order valence-corrected chi connectivity index (χ2v) is 8.02. The second kappa shape index (κ2) is 9.37. The van der Waals surface area contributed by atoms with E-state index in [1.165, 1.54) is 19.4 Å². The van der Waals surface area contributed by atoms with Crippen molar-refractivity contribution in [3.05, 3.63) is 52.8 Å². The number of aromatic nitrogens is 2. The van der Waals surface area contributed by atoms with Crippen LogP contribution in [0.2, 0.25) is 0 Å². The highest BCUT2D eigenvalue weighted by atomic mass is 79.9. The van der Waals surface area contributed by atoms with E-state index in [1.807, 2.05) is 4.90 Å². The number of benzene rings is 1. The van der Waals surface area contributed by atoms with E-state index in [9.17, 15) is 13.2 Å². The highest BCUT2D eigenvalue weighted by Gasteiger charge is 2.36. The summed E-state index contributed by atoms with van der Waals surface area (Å²) in [5, 5.41) is 6.24. The number of nitrogens with zero attached hydrogens (tertiary/aromatic N) is 4. The van der Waals surface area contributed by atoms with Crippen LogP contribution < -0.4 is 25.2 Å². The molecule has 2 aromatic rings.